The van der Waals surface area contributed by atoms with E-state index in [0.717, 1.165) is 12.8 Å². The van der Waals surface area contributed by atoms with Gasteiger partial charge in [-0.15, -0.1) is 0 Å². The van der Waals surface area contributed by atoms with Crippen molar-refractivity contribution in [1.82, 2.24) is 0 Å². The summed E-state index contributed by atoms with van der Waals surface area (Å²) in [6.07, 6.45) is 9.20. The molecule has 0 saturated heterocycles. The van der Waals surface area contributed by atoms with Gasteiger partial charge >= 0.3 is 5.97 Å². The Balaban J connectivity index is 3.77. The van der Waals surface area contributed by atoms with Gasteiger partial charge in [-0.3, -0.25) is 4.79 Å². The smallest absolute Gasteiger partial charge is 0.306 e. The molecule has 0 N–H and O–H groups in total. The molecule has 0 rings (SSSR count). The standard InChI is InChI=1S/C18H36O2/c1-7-8-9-10-11-12-13-14-17(19)20-18(5,6)16(4)15(2)3/h15-16H,7-14H2,1-6H3. The first-order valence-corrected chi connectivity index (χ1v) is 8.53. The zero-order valence-corrected chi connectivity index (χ0v) is 14.6. The summed E-state index contributed by atoms with van der Waals surface area (Å²) in [6, 6.07) is 0. The third kappa shape index (κ3) is 8.60. The Bertz CT molecular complexity index is 256. The van der Waals surface area contributed by atoms with Crippen molar-refractivity contribution >= 4 is 5.97 Å². The first-order chi connectivity index (χ1) is 9.31. The molecule has 20 heavy (non-hydrogen) atoms. The van der Waals surface area contributed by atoms with Crippen LogP contribution in [0, 0.1) is 11.8 Å². The lowest BCUT2D eigenvalue weighted by molar-refractivity contribution is -0.162. The zero-order chi connectivity index (χ0) is 15.6. The van der Waals surface area contributed by atoms with Crippen molar-refractivity contribution in [2.24, 2.45) is 11.8 Å². The summed E-state index contributed by atoms with van der Waals surface area (Å²) in [6.45, 7) is 12.8. The van der Waals surface area contributed by atoms with Crippen molar-refractivity contribution < 1.29 is 9.53 Å². The predicted molar refractivity (Wildman–Crippen MR) is 86.8 cm³/mol. The Morgan fingerprint density at radius 3 is 1.95 bits per heavy atom. The molecule has 0 spiro atoms. The Labute approximate surface area is 126 Å². The van der Waals surface area contributed by atoms with E-state index < -0.39 is 0 Å². The lowest BCUT2D eigenvalue weighted by atomic mass is 9.83. The number of hydrogen-bond donors (Lipinski definition) is 0. The van der Waals surface area contributed by atoms with Crippen molar-refractivity contribution in [3.8, 4) is 0 Å². The maximum absolute atomic E-state index is 11.9. The molecule has 0 radical (unpaired) electrons. The molecule has 0 aliphatic rings. The fourth-order valence-electron chi connectivity index (χ4n) is 2.47. The van der Waals surface area contributed by atoms with Crippen LogP contribution in [0.5, 0.6) is 0 Å². The molecule has 0 heterocycles. The van der Waals surface area contributed by atoms with E-state index in [2.05, 4.69) is 27.7 Å². The van der Waals surface area contributed by atoms with Crippen LogP contribution >= 0.6 is 0 Å². The summed E-state index contributed by atoms with van der Waals surface area (Å²) in [5, 5.41) is 0. The third-order valence-corrected chi connectivity index (χ3v) is 4.46. The average molecular weight is 284 g/mol. The number of unbranched alkanes of at least 4 members (excludes halogenated alkanes) is 6. The predicted octanol–water partition coefficient (Wildman–Crippen LogP) is 5.74. The SMILES string of the molecule is CCCCCCCCCC(=O)OC(C)(C)C(C)C(C)C. The molecule has 0 aromatic heterocycles. The van der Waals surface area contributed by atoms with Gasteiger partial charge in [0.05, 0.1) is 0 Å². The number of rotatable bonds is 11. The van der Waals surface area contributed by atoms with Crippen LogP contribution in [-0.2, 0) is 9.53 Å². The normalized spacial score (nSPS) is 13.6. The molecule has 0 bridgehead atoms. The molecule has 0 fully saturated rings. The number of ether oxygens (including phenoxy) is 1. The van der Waals surface area contributed by atoms with Crippen LogP contribution in [0.4, 0.5) is 0 Å². The van der Waals surface area contributed by atoms with Gasteiger partial charge in [0.25, 0.3) is 0 Å². The van der Waals surface area contributed by atoms with Crippen molar-refractivity contribution in [2.75, 3.05) is 0 Å². The fourth-order valence-corrected chi connectivity index (χ4v) is 2.47. The lowest BCUT2D eigenvalue weighted by Gasteiger charge is -2.34. The molecule has 0 saturated carbocycles. The molecule has 1 atom stereocenters. The van der Waals surface area contributed by atoms with E-state index in [4.69, 9.17) is 4.74 Å². The van der Waals surface area contributed by atoms with Crippen LogP contribution < -0.4 is 0 Å². The molecular weight excluding hydrogens is 248 g/mol. The molecule has 120 valence electrons. The average Bonchev–Trinajstić information content (AvgIpc) is 2.36. The molecular formula is C18H36O2. The monoisotopic (exact) mass is 284 g/mol. The van der Waals surface area contributed by atoms with Crippen molar-refractivity contribution in [1.29, 1.82) is 0 Å². The third-order valence-electron chi connectivity index (χ3n) is 4.46. The van der Waals surface area contributed by atoms with Crippen molar-refractivity contribution in [3.05, 3.63) is 0 Å². The molecule has 0 aromatic rings. The number of carbonyl (C=O) groups excluding carboxylic acids is 1. The van der Waals surface area contributed by atoms with E-state index in [-0.39, 0.29) is 11.6 Å². The van der Waals surface area contributed by atoms with Crippen LogP contribution in [0.25, 0.3) is 0 Å². The first kappa shape index (κ1) is 19.5. The van der Waals surface area contributed by atoms with Gasteiger partial charge in [0.1, 0.15) is 5.60 Å². The summed E-state index contributed by atoms with van der Waals surface area (Å²) in [5.74, 6) is 0.868. The van der Waals surface area contributed by atoms with Crippen LogP contribution in [0.2, 0.25) is 0 Å². The van der Waals surface area contributed by atoms with E-state index in [1.807, 2.05) is 13.8 Å². The Kier molecular flexibility index (Phi) is 9.96. The van der Waals surface area contributed by atoms with Gasteiger partial charge < -0.3 is 4.74 Å². The second kappa shape index (κ2) is 10.2. The minimum atomic E-state index is -0.355. The van der Waals surface area contributed by atoms with Gasteiger partial charge in [-0.05, 0) is 32.1 Å². The Morgan fingerprint density at radius 1 is 0.950 bits per heavy atom. The van der Waals surface area contributed by atoms with Gasteiger partial charge in [-0.1, -0.05) is 66.2 Å². The molecule has 1 unspecified atom stereocenters. The first-order valence-electron chi connectivity index (χ1n) is 8.53. The molecule has 0 aliphatic carbocycles. The molecule has 0 aromatic carbocycles. The van der Waals surface area contributed by atoms with E-state index in [0.29, 0.717) is 18.3 Å². The second-order valence-electron chi connectivity index (χ2n) is 6.98. The van der Waals surface area contributed by atoms with E-state index in [1.165, 1.54) is 32.1 Å². The van der Waals surface area contributed by atoms with Gasteiger partial charge in [-0.2, -0.15) is 0 Å². The van der Waals surface area contributed by atoms with Gasteiger partial charge in [0.15, 0.2) is 0 Å². The van der Waals surface area contributed by atoms with Crippen molar-refractivity contribution in [3.63, 3.8) is 0 Å². The van der Waals surface area contributed by atoms with Gasteiger partial charge in [0.2, 0.25) is 0 Å². The van der Waals surface area contributed by atoms with Crippen LogP contribution in [-0.4, -0.2) is 11.6 Å². The highest BCUT2D eigenvalue weighted by Crippen LogP contribution is 2.28. The van der Waals surface area contributed by atoms with E-state index in [1.54, 1.807) is 0 Å². The largest absolute Gasteiger partial charge is 0.459 e. The molecule has 0 aliphatic heterocycles. The maximum atomic E-state index is 11.9. The zero-order valence-electron chi connectivity index (χ0n) is 14.6. The lowest BCUT2D eigenvalue weighted by Crippen LogP contribution is -2.37. The summed E-state index contributed by atoms with van der Waals surface area (Å²) in [4.78, 5) is 11.9. The minimum absolute atomic E-state index is 0.0314. The number of hydrogen-bond acceptors (Lipinski definition) is 2. The molecule has 2 heteroatoms. The summed E-state index contributed by atoms with van der Waals surface area (Å²) >= 11 is 0. The van der Waals surface area contributed by atoms with Crippen LogP contribution in [0.15, 0.2) is 0 Å². The van der Waals surface area contributed by atoms with E-state index >= 15 is 0 Å². The highest BCUT2D eigenvalue weighted by Gasteiger charge is 2.31. The summed E-state index contributed by atoms with van der Waals surface area (Å²) in [5.41, 5.74) is -0.355. The Morgan fingerprint density at radius 2 is 1.45 bits per heavy atom. The summed E-state index contributed by atoms with van der Waals surface area (Å²) < 4.78 is 5.67. The highest BCUT2D eigenvalue weighted by molar-refractivity contribution is 5.69. The van der Waals surface area contributed by atoms with Gasteiger partial charge in [-0.25, -0.2) is 0 Å². The van der Waals surface area contributed by atoms with Crippen LogP contribution in [0.1, 0.15) is 92.9 Å². The number of esters is 1. The Hall–Kier alpha value is -0.530. The fraction of sp³-hybridized carbons (Fsp3) is 0.944. The van der Waals surface area contributed by atoms with Crippen LogP contribution in [0.3, 0.4) is 0 Å². The quantitative estimate of drug-likeness (QED) is 0.357. The second-order valence-corrected chi connectivity index (χ2v) is 6.98. The molecule has 2 nitrogen and oxygen atoms in total. The van der Waals surface area contributed by atoms with Crippen molar-refractivity contribution in [2.45, 2.75) is 98.5 Å². The highest BCUT2D eigenvalue weighted by atomic mass is 16.6. The van der Waals surface area contributed by atoms with Gasteiger partial charge in [0, 0.05) is 6.42 Å². The molecule has 0 amide bonds. The topological polar surface area (TPSA) is 26.3 Å². The van der Waals surface area contributed by atoms with E-state index in [9.17, 15) is 4.79 Å². The number of carbonyl (C=O) groups is 1. The summed E-state index contributed by atoms with van der Waals surface area (Å²) in [7, 11) is 0. The minimum Gasteiger partial charge on any atom is -0.459 e. The maximum Gasteiger partial charge on any atom is 0.306 e.